The number of carboxylic acids is 1. The van der Waals surface area contributed by atoms with Gasteiger partial charge in [-0.2, -0.15) is 0 Å². The number of amides is 1. The van der Waals surface area contributed by atoms with Gasteiger partial charge in [0, 0.05) is 12.5 Å². The molecule has 0 radical (unpaired) electrons. The fourth-order valence-corrected chi connectivity index (χ4v) is 2.75. The van der Waals surface area contributed by atoms with Gasteiger partial charge < -0.3 is 15.2 Å². The second kappa shape index (κ2) is 6.11. The van der Waals surface area contributed by atoms with Gasteiger partial charge in [-0.25, -0.2) is 4.39 Å². The van der Waals surface area contributed by atoms with Gasteiger partial charge >= 0.3 is 5.97 Å². The number of rotatable bonds is 5. The average Bonchev–Trinajstić information content (AvgIpc) is 2.91. The lowest BCUT2D eigenvalue weighted by molar-refractivity contribution is -0.150. The van der Waals surface area contributed by atoms with Crippen molar-refractivity contribution in [3.63, 3.8) is 0 Å². The number of carboxylic acid groups (broad SMARTS) is 1. The van der Waals surface area contributed by atoms with Crippen LogP contribution in [0.5, 0.6) is 5.75 Å². The minimum Gasteiger partial charge on any atom is -0.497 e. The molecule has 0 unspecified atom stereocenters. The van der Waals surface area contributed by atoms with E-state index in [0.29, 0.717) is 18.6 Å². The van der Waals surface area contributed by atoms with E-state index in [1.807, 2.05) is 0 Å². The number of methoxy groups -OCH3 is 1. The van der Waals surface area contributed by atoms with E-state index < -0.39 is 23.1 Å². The van der Waals surface area contributed by atoms with Crippen LogP contribution >= 0.6 is 0 Å². The molecule has 0 aromatic heterocycles. The van der Waals surface area contributed by atoms with E-state index in [0.717, 1.165) is 12.8 Å². The second-order valence-electron chi connectivity index (χ2n) is 5.36. The fourth-order valence-electron chi connectivity index (χ4n) is 2.75. The molecule has 2 rings (SSSR count). The molecular weight excluding hydrogens is 277 g/mol. The number of nitrogens with one attached hydrogen (secondary N) is 1. The molecule has 0 spiro atoms. The Kier molecular flexibility index (Phi) is 4.45. The lowest BCUT2D eigenvalue weighted by Crippen LogP contribution is -2.32. The van der Waals surface area contributed by atoms with Crippen LogP contribution in [0.3, 0.4) is 0 Å². The monoisotopic (exact) mass is 295 g/mol. The highest BCUT2D eigenvalue weighted by Crippen LogP contribution is 2.41. The molecule has 1 aromatic carbocycles. The number of hydrogen-bond donors (Lipinski definition) is 2. The minimum atomic E-state index is -1.01. The molecule has 114 valence electrons. The zero-order valence-electron chi connectivity index (χ0n) is 11.8. The summed E-state index contributed by atoms with van der Waals surface area (Å²) in [5.74, 6) is -1.62. The van der Waals surface area contributed by atoms with Crippen LogP contribution in [0.1, 0.15) is 32.1 Å². The third kappa shape index (κ3) is 3.32. The number of ether oxygens (including phenoxy) is 1. The van der Waals surface area contributed by atoms with E-state index in [1.165, 1.54) is 25.3 Å². The molecule has 0 bridgehead atoms. The zero-order chi connectivity index (χ0) is 15.5. The van der Waals surface area contributed by atoms with Crippen LogP contribution < -0.4 is 10.1 Å². The Morgan fingerprint density at radius 2 is 2.05 bits per heavy atom. The molecule has 1 saturated carbocycles. The number of hydrogen-bond acceptors (Lipinski definition) is 3. The van der Waals surface area contributed by atoms with Crippen molar-refractivity contribution in [3.8, 4) is 5.75 Å². The molecule has 0 atom stereocenters. The molecule has 0 heterocycles. The summed E-state index contributed by atoms with van der Waals surface area (Å²) >= 11 is 0. The first-order chi connectivity index (χ1) is 9.97. The molecule has 5 nitrogen and oxygen atoms in total. The minimum absolute atomic E-state index is 0.00196. The highest BCUT2D eigenvalue weighted by atomic mass is 19.1. The van der Waals surface area contributed by atoms with Gasteiger partial charge in [0.25, 0.3) is 0 Å². The highest BCUT2D eigenvalue weighted by molar-refractivity contribution is 5.94. The van der Waals surface area contributed by atoms with E-state index >= 15 is 0 Å². The molecule has 1 aliphatic rings. The number of carbonyl (C=O) groups is 2. The number of halogens is 1. The SMILES string of the molecule is COc1ccc(F)c(NC(=O)CC2(C(=O)O)CCCC2)c1. The Labute approximate surface area is 122 Å². The van der Waals surface area contributed by atoms with E-state index in [-0.39, 0.29) is 12.1 Å². The standard InChI is InChI=1S/C15H18FNO4/c1-21-10-4-5-11(16)12(8-10)17-13(18)9-15(14(19)20)6-2-3-7-15/h4-5,8H,2-3,6-7,9H2,1H3,(H,17,18)(H,19,20). The molecule has 6 heteroatoms. The van der Waals surface area contributed by atoms with Gasteiger partial charge in [0.15, 0.2) is 0 Å². The van der Waals surface area contributed by atoms with Crippen LogP contribution in [0.4, 0.5) is 10.1 Å². The van der Waals surface area contributed by atoms with Crippen molar-refractivity contribution in [2.24, 2.45) is 5.41 Å². The maximum atomic E-state index is 13.6. The summed E-state index contributed by atoms with van der Waals surface area (Å²) in [7, 11) is 1.44. The third-order valence-electron chi connectivity index (χ3n) is 3.96. The van der Waals surface area contributed by atoms with Crippen molar-refractivity contribution in [2.45, 2.75) is 32.1 Å². The van der Waals surface area contributed by atoms with Crippen molar-refractivity contribution in [1.82, 2.24) is 0 Å². The van der Waals surface area contributed by atoms with Crippen LogP contribution in [-0.2, 0) is 9.59 Å². The van der Waals surface area contributed by atoms with Gasteiger partial charge in [0.1, 0.15) is 11.6 Å². The van der Waals surface area contributed by atoms with E-state index in [1.54, 1.807) is 0 Å². The molecule has 21 heavy (non-hydrogen) atoms. The first kappa shape index (κ1) is 15.3. The van der Waals surface area contributed by atoms with Gasteiger partial charge in [-0.15, -0.1) is 0 Å². The first-order valence-corrected chi connectivity index (χ1v) is 6.84. The summed E-state index contributed by atoms with van der Waals surface area (Å²) in [5, 5.41) is 11.8. The topological polar surface area (TPSA) is 75.6 Å². The number of anilines is 1. The second-order valence-corrected chi connectivity index (χ2v) is 5.36. The summed E-state index contributed by atoms with van der Waals surface area (Å²) in [6.45, 7) is 0. The van der Waals surface area contributed by atoms with Crippen LogP contribution in [-0.4, -0.2) is 24.1 Å². The smallest absolute Gasteiger partial charge is 0.310 e. The number of benzene rings is 1. The Morgan fingerprint density at radius 3 is 2.62 bits per heavy atom. The summed E-state index contributed by atoms with van der Waals surface area (Å²) in [6.07, 6.45) is 2.42. The third-order valence-corrected chi connectivity index (χ3v) is 3.96. The summed E-state index contributed by atoms with van der Waals surface area (Å²) in [5.41, 5.74) is -1.02. The quantitative estimate of drug-likeness (QED) is 0.876. The van der Waals surface area contributed by atoms with Gasteiger partial charge in [0.2, 0.25) is 5.91 Å². The van der Waals surface area contributed by atoms with Crippen molar-refractivity contribution >= 4 is 17.6 Å². The molecule has 1 aromatic rings. The molecule has 0 aliphatic heterocycles. The Hall–Kier alpha value is -2.11. The molecule has 0 saturated heterocycles. The lowest BCUT2D eigenvalue weighted by atomic mass is 9.82. The Morgan fingerprint density at radius 1 is 1.38 bits per heavy atom. The van der Waals surface area contributed by atoms with Crippen molar-refractivity contribution in [2.75, 3.05) is 12.4 Å². The van der Waals surface area contributed by atoms with Crippen LogP contribution in [0.15, 0.2) is 18.2 Å². The molecule has 2 N–H and O–H groups in total. The van der Waals surface area contributed by atoms with Gasteiger partial charge in [0.05, 0.1) is 18.2 Å². The van der Waals surface area contributed by atoms with E-state index in [4.69, 9.17) is 4.74 Å². The maximum absolute atomic E-state index is 13.6. The van der Waals surface area contributed by atoms with Gasteiger partial charge in [-0.05, 0) is 25.0 Å². The summed E-state index contributed by atoms with van der Waals surface area (Å²) in [6, 6.07) is 4.01. The van der Waals surface area contributed by atoms with E-state index in [2.05, 4.69) is 5.32 Å². The predicted octanol–water partition coefficient (Wildman–Crippen LogP) is 2.81. The molecule has 1 aliphatic carbocycles. The molecular formula is C15H18FNO4. The predicted molar refractivity (Wildman–Crippen MR) is 74.7 cm³/mol. The van der Waals surface area contributed by atoms with Crippen LogP contribution in [0.2, 0.25) is 0 Å². The van der Waals surface area contributed by atoms with Crippen LogP contribution in [0, 0.1) is 11.2 Å². The summed E-state index contributed by atoms with van der Waals surface area (Å²) < 4.78 is 18.6. The largest absolute Gasteiger partial charge is 0.497 e. The van der Waals surface area contributed by atoms with Crippen molar-refractivity contribution in [3.05, 3.63) is 24.0 Å². The van der Waals surface area contributed by atoms with Gasteiger partial charge in [-0.1, -0.05) is 12.8 Å². The van der Waals surface area contributed by atoms with Crippen LogP contribution in [0.25, 0.3) is 0 Å². The Bertz CT molecular complexity index is 553. The summed E-state index contributed by atoms with van der Waals surface area (Å²) in [4.78, 5) is 23.5. The van der Waals surface area contributed by atoms with Crippen molar-refractivity contribution < 1.29 is 23.8 Å². The van der Waals surface area contributed by atoms with Crippen molar-refractivity contribution in [1.29, 1.82) is 0 Å². The fraction of sp³-hybridized carbons (Fsp3) is 0.467. The number of aliphatic carboxylic acids is 1. The average molecular weight is 295 g/mol. The number of carbonyl (C=O) groups excluding carboxylic acids is 1. The molecule has 1 amide bonds. The highest BCUT2D eigenvalue weighted by Gasteiger charge is 2.43. The van der Waals surface area contributed by atoms with Gasteiger partial charge in [-0.3, -0.25) is 9.59 Å². The lowest BCUT2D eigenvalue weighted by Gasteiger charge is -2.22. The Balaban J connectivity index is 2.09. The maximum Gasteiger partial charge on any atom is 0.310 e. The normalized spacial score (nSPS) is 16.5. The van der Waals surface area contributed by atoms with E-state index in [9.17, 15) is 19.1 Å². The molecule has 1 fully saturated rings. The zero-order valence-corrected chi connectivity index (χ0v) is 11.8. The first-order valence-electron chi connectivity index (χ1n) is 6.84.